The van der Waals surface area contributed by atoms with E-state index in [2.05, 4.69) is 4.74 Å². The zero-order valence-electron chi connectivity index (χ0n) is 14.8. The molecule has 150 valence electrons. The van der Waals surface area contributed by atoms with Gasteiger partial charge in [-0.05, 0) is 35.9 Å². The lowest BCUT2D eigenvalue weighted by Crippen LogP contribution is -2.31. The number of nitrogens with zero attached hydrogens (tertiary/aromatic N) is 2. The van der Waals surface area contributed by atoms with Crippen molar-refractivity contribution in [2.75, 3.05) is 24.2 Å². The van der Waals surface area contributed by atoms with Gasteiger partial charge in [0.05, 0.1) is 4.90 Å². The van der Waals surface area contributed by atoms with Crippen molar-refractivity contribution in [1.82, 2.24) is 4.90 Å². The summed E-state index contributed by atoms with van der Waals surface area (Å²) in [5.41, 5.74) is 1.12. The lowest BCUT2D eigenvalue weighted by molar-refractivity contribution is -0.274. The number of sulfone groups is 1. The van der Waals surface area contributed by atoms with Gasteiger partial charge in [-0.3, -0.25) is 4.90 Å². The predicted molar refractivity (Wildman–Crippen MR) is 95.8 cm³/mol. The number of rotatable bonds is 5. The monoisotopic (exact) mass is 414 g/mol. The number of hydrogen-bond acceptors (Lipinski definition) is 4. The number of ether oxygens (including phenoxy) is 1. The summed E-state index contributed by atoms with van der Waals surface area (Å²) in [4.78, 5) is 15.8. The molecule has 0 saturated carbocycles. The van der Waals surface area contributed by atoms with Gasteiger partial charge in [-0.25, -0.2) is 13.2 Å². The van der Waals surface area contributed by atoms with E-state index in [9.17, 15) is 26.4 Å². The molecule has 3 rings (SSSR count). The second-order valence-corrected chi connectivity index (χ2v) is 8.33. The third-order valence-corrected chi connectivity index (χ3v) is 5.29. The minimum atomic E-state index is -4.76. The van der Waals surface area contributed by atoms with E-state index in [4.69, 9.17) is 0 Å². The van der Waals surface area contributed by atoms with E-state index in [1.807, 2.05) is 0 Å². The van der Waals surface area contributed by atoms with Gasteiger partial charge in [-0.1, -0.05) is 18.2 Å². The fraction of sp³-hybridized carbons (Fsp3) is 0.278. The molecule has 0 aliphatic carbocycles. The average Bonchev–Trinajstić information content (AvgIpc) is 2.95. The van der Waals surface area contributed by atoms with Gasteiger partial charge in [-0.2, -0.15) is 0 Å². The molecule has 0 spiro atoms. The molecule has 0 atom stereocenters. The number of amides is 2. The lowest BCUT2D eigenvalue weighted by Gasteiger charge is -2.19. The number of hydrogen-bond donors (Lipinski definition) is 0. The van der Waals surface area contributed by atoms with Crippen LogP contribution in [0, 0.1) is 0 Å². The standard InChI is InChI=1S/C18H17F3N2O4S/c1-28(25,26)16-4-2-3-14(11-16)23-10-9-22(17(23)24)12-13-5-7-15(8-6-13)27-18(19,20)21/h2-8,11H,9-10,12H2,1H3. The second-order valence-electron chi connectivity index (χ2n) is 6.32. The summed E-state index contributed by atoms with van der Waals surface area (Å²) in [5, 5.41) is 0. The van der Waals surface area contributed by atoms with Crippen molar-refractivity contribution in [3.63, 3.8) is 0 Å². The van der Waals surface area contributed by atoms with Crippen LogP contribution in [0.3, 0.4) is 0 Å². The number of carbonyl (C=O) groups excluding carboxylic acids is 1. The van der Waals surface area contributed by atoms with E-state index in [-0.39, 0.29) is 23.2 Å². The number of anilines is 1. The number of alkyl halides is 3. The molecule has 28 heavy (non-hydrogen) atoms. The Kier molecular flexibility index (Phi) is 5.24. The lowest BCUT2D eigenvalue weighted by atomic mass is 10.2. The van der Waals surface area contributed by atoms with Gasteiger partial charge < -0.3 is 9.64 Å². The number of benzene rings is 2. The highest BCUT2D eigenvalue weighted by atomic mass is 32.2. The first-order valence-corrected chi connectivity index (χ1v) is 10.1. The maximum atomic E-state index is 12.7. The van der Waals surface area contributed by atoms with Gasteiger partial charge >= 0.3 is 12.4 Å². The van der Waals surface area contributed by atoms with Gasteiger partial charge in [-0.15, -0.1) is 13.2 Å². The van der Waals surface area contributed by atoms with Crippen LogP contribution in [0.4, 0.5) is 23.7 Å². The van der Waals surface area contributed by atoms with Gasteiger partial charge in [0, 0.05) is 31.6 Å². The van der Waals surface area contributed by atoms with Gasteiger partial charge in [0.2, 0.25) is 0 Å². The van der Waals surface area contributed by atoms with Crippen LogP contribution in [-0.4, -0.2) is 45.1 Å². The SMILES string of the molecule is CS(=O)(=O)c1cccc(N2CCN(Cc3ccc(OC(F)(F)F)cc3)C2=O)c1. The quantitative estimate of drug-likeness (QED) is 0.752. The molecule has 1 saturated heterocycles. The van der Waals surface area contributed by atoms with Crippen molar-refractivity contribution < 1.29 is 31.1 Å². The van der Waals surface area contributed by atoms with Gasteiger partial charge in [0.25, 0.3) is 0 Å². The van der Waals surface area contributed by atoms with Crippen LogP contribution in [0.2, 0.25) is 0 Å². The molecule has 2 amide bonds. The smallest absolute Gasteiger partial charge is 0.406 e. The zero-order chi connectivity index (χ0) is 20.5. The minimum Gasteiger partial charge on any atom is -0.406 e. The summed E-state index contributed by atoms with van der Waals surface area (Å²) in [7, 11) is -3.40. The maximum absolute atomic E-state index is 12.7. The van der Waals surface area contributed by atoms with E-state index in [1.54, 1.807) is 12.1 Å². The van der Waals surface area contributed by atoms with E-state index >= 15 is 0 Å². The summed E-state index contributed by atoms with van der Waals surface area (Å²) < 4.78 is 63.9. The van der Waals surface area contributed by atoms with Crippen LogP contribution in [-0.2, 0) is 16.4 Å². The first-order chi connectivity index (χ1) is 13.0. The molecule has 1 aliphatic heterocycles. The molecule has 0 aromatic heterocycles. The van der Waals surface area contributed by atoms with Crippen LogP contribution < -0.4 is 9.64 Å². The zero-order valence-corrected chi connectivity index (χ0v) is 15.6. The van der Waals surface area contributed by atoms with Gasteiger partial charge in [0.1, 0.15) is 5.75 Å². The van der Waals surface area contributed by atoms with Crippen molar-refractivity contribution in [3.05, 3.63) is 54.1 Å². The highest BCUT2D eigenvalue weighted by Gasteiger charge is 2.32. The molecule has 2 aromatic rings. The molecule has 0 bridgehead atoms. The summed E-state index contributed by atoms with van der Waals surface area (Å²) in [6.45, 7) is 0.997. The van der Waals surface area contributed by atoms with E-state index in [0.29, 0.717) is 24.3 Å². The highest BCUT2D eigenvalue weighted by molar-refractivity contribution is 7.90. The van der Waals surface area contributed by atoms with Crippen molar-refractivity contribution >= 4 is 21.6 Å². The summed E-state index contributed by atoms with van der Waals surface area (Å²) in [6.07, 6.45) is -3.66. The largest absolute Gasteiger partial charge is 0.573 e. The van der Waals surface area contributed by atoms with Crippen molar-refractivity contribution in [3.8, 4) is 5.75 Å². The molecule has 0 unspecified atom stereocenters. The summed E-state index contributed by atoms with van der Waals surface area (Å²) in [6, 6.07) is 11.1. The third kappa shape index (κ3) is 4.75. The second kappa shape index (κ2) is 7.34. The number of carbonyl (C=O) groups is 1. The highest BCUT2D eigenvalue weighted by Crippen LogP contribution is 2.26. The average molecular weight is 414 g/mol. The predicted octanol–water partition coefficient (Wildman–Crippen LogP) is 3.43. The van der Waals surface area contributed by atoms with Crippen LogP contribution in [0.1, 0.15) is 5.56 Å². The molecular formula is C18H17F3N2O4S. The Morgan fingerprint density at radius 2 is 1.75 bits per heavy atom. The molecule has 0 N–H and O–H groups in total. The fourth-order valence-corrected chi connectivity index (χ4v) is 3.53. The molecule has 1 heterocycles. The fourth-order valence-electron chi connectivity index (χ4n) is 2.87. The molecule has 2 aromatic carbocycles. The van der Waals surface area contributed by atoms with Crippen LogP contribution in [0.25, 0.3) is 0 Å². The Morgan fingerprint density at radius 3 is 2.36 bits per heavy atom. The van der Waals surface area contributed by atoms with Crippen molar-refractivity contribution in [2.24, 2.45) is 0 Å². The summed E-state index contributed by atoms with van der Waals surface area (Å²) in [5.74, 6) is -0.330. The van der Waals surface area contributed by atoms with Crippen LogP contribution in [0.15, 0.2) is 53.4 Å². The Hall–Kier alpha value is -2.75. The molecular weight excluding hydrogens is 397 g/mol. The van der Waals surface area contributed by atoms with Crippen LogP contribution >= 0.6 is 0 Å². The van der Waals surface area contributed by atoms with E-state index in [1.165, 1.54) is 46.2 Å². The topological polar surface area (TPSA) is 66.9 Å². The van der Waals surface area contributed by atoms with Crippen molar-refractivity contribution in [2.45, 2.75) is 17.8 Å². The molecule has 6 nitrogen and oxygen atoms in total. The van der Waals surface area contributed by atoms with E-state index in [0.717, 1.165) is 6.26 Å². The van der Waals surface area contributed by atoms with E-state index < -0.39 is 16.2 Å². The molecule has 1 aliphatic rings. The van der Waals surface area contributed by atoms with Crippen molar-refractivity contribution in [1.29, 1.82) is 0 Å². The Balaban J connectivity index is 1.69. The molecule has 0 radical (unpaired) electrons. The normalized spacial score (nSPS) is 15.2. The number of urea groups is 1. The third-order valence-electron chi connectivity index (χ3n) is 4.18. The Labute approximate surface area is 160 Å². The Morgan fingerprint density at radius 1 is 1.07 bits per heavy atom. The minimum absolute atomic E-state index is 0.122. The molecule has 10 heteroatoms. The van der Waals surface area contributed by atoms with Gasteiger partial charge in [0.15, 0.2) is 9.84 Å². The van der Waals surface area contributed by atoms with Crippen LogP contribution in [0.5, 0.6) is 5.75 Å². The number of halogens is 3. The molecule has 1 fully saturated rings. The maximum Gasteiger partial charge on any atom is 0.573 e. The Bertz CT molecular complexity index is 975. The first kappa shape index (κ1) is 20.0. The summed E-state index contributed by atoms with van der Waals surface area (Å²) >= 11 is 0. The first-order valence-electron chi connectivity index (χ1n) is 8.24.